The quantitative estimate of drug-likeness (QED) is 0.799. The maximum Gasteiger partial charge on any atom is 0.260 e. The van der Waals surface area contributed by atoms with Gasteiger partial charge in [-0.2, -0.15) is 0 Å². The van der Waals surface area contributed by atoms with Crippen molar-refractivity contribution in [3.8, 4) is 11.5 Å². The molecule has 1 fully saturated rings. The van der Waals surface area contributed by atoms with Crippen LogP contribution in [0, 0.1) is 0 Å². The molecule has 3 rings (SSSR count). The van der Waals surface area contributed by atoms with Gasteiger partial charge in [0.05, 0.1) is 13.5 Å². The number of para-hydroxylation sites is 1. The van der Waals surface area contributed by atoms with Gasteiger partial charge in [0.25, 0.3) is 5.91 Å². The van der Waals surface area contributed by atoms with Crippen LogP contribution >= 0.6 is 0 Å². The van der Waals surface area contributed by atoms with Crippen LogP contribution in [0.1, 0.15) is 18.4 Å². The SMILES string of the molecule is COc1ccc(CC(=O)NC2CCN(C(=O)COc3ccccc3)CC2)cc1. The number of rotatable bonds is 7. The lowest BCUT2D eigenvalue weighted by molar-refractivity contribution is -0.134. The molecule has 0 radical (unpaired) electrons. The Bertz CT molecular complexity index is 769. The van der Waals surface area contributed by atoms with Crippen molar-refractivity contribution in [1.29, 1.82) is 0 Å². The Kier molecular flexibility index (Phi) is 6.89. The Labute approximate surface area is 165 Å². The zero-order valence-corrected chi connectivity index (χ0v) is 16.1. The van der Waals surface area contributed by atoms with Crippen molar-refractivity contribution in [2.45, 2.75) is 25.3 Å². The van der Waals surface area contributed by atoms with Crippen molar-refractivity contribution in [3.63, 3.8) is 0 Å². The molecular weight excluding hydrogens is 356 g/mol. The Morgan fingerprint density at radius 2 is 1.68 bits per heavy atom. The topological polar surface area (TPSA) is 67.9 Å². The number of nitrogens with one attached hydrogen (secondary N) is 1. The fourth-order valence-corrected chi connectivity index (χ4v) is 3.23. The normalized spacial score (nSPS) is 14.4. The lowest BCUT2D eigenvalue weighted by atomic mass is 10.0. The fourth-order valence-electron chi connectivity index (χ4n) is 3.23. The Hall–Kier alpha value is -3.02. The number of hydrogen-bond donors (Lipinski definition) is 1. The molecule has 6 heteroatoms. The maximum atomic E-state index is 12.3. The van der Waals surface area contributed by atoms with Crippen LogP contribution in [0.4, 0.5) is 0 Å². The molecule has 1 aliphatic rings. The first kappa shape index (κ1) is 19.7. The van der Waals surface area contributed by atoms with Gasteiger partial charge >= 0.3 is 0 Å². The Morgan fingerprint density at radius 3 is 2.32 bits per heavy atom. The molecule has 1 N–H and O–H groups in total. The highest BCUT2D eigenvalue weighted by molar-refractivity contribution is 5.79. The molecular formula is C22H26N2O4. The van der Waals surface area contributed by atoms with Gasteiger partial charge in [0.1, 0.15) is 11.5 Å². The number of amides is 2. The fraction of sp³-hybridized carbons (Fsp3) is 0.364. The minimum absolute atomic E-state index is 0.00218. The van der Waals surface area contributed by atoms with E-state index in [2.05, 4.69) is 5.32 Å². The Balaban J connectivity index is 1.38. The number of benzene rings is 2. The summed E-state index contributed by atoms with van der Waals surface area (Å²) in [6, 6.07) is 16.9. The van der Waals surface area contributed by atoms with Gasteiger partial charge in [0.2, 0.25) is 5.91 Å². The second kappa shape index (κ2) is 9.78. The van der Waals surface area contributed by atoms with E-state index >= 15 is 0 Å². The van der Waals surface area contributed by atoms with Gasteiger partial charge < -0.3 is 19.7 Å². The van der Waals surface area contributed by atoms with Crippen molar-refractivity contribution < 1.29 is 19.1 Å². The van der Waals surface area contributed by atoms with Crippen LogP contribution in [0.15, 0.2) is 54.6 Å². The van der Waals surface area contributed by atoms with Gasteiger partial charge in [-0.3, -0.25) is 9.59 Å². The van der Waals surface area contributed by atoms with Gasteiger partial charge in [-0.25, -0.2) is 0 Å². The lowest BCUT2D eigenvalue weighted by Crippen LogP contribution is -2.48. The number of hydrogen-bond acceptors (Lipinski definition) is 4. The molecule has 1 saturated heterocycles. The molecule has 2 aromatic rings. The summed E-state index contributed by atoms with van der Waals surface area (Å²) in [5.74, 6) is 1.45. The summed E-state index contributed by atoms with van der Waals surface area (Å²) in [4.78, 5) is 26.4. The standard InChI is InChI=1S/C22H26N2O4/c1-27-19-9-7-17(8-10-19)15-21(25)23-18-11-13-24(14-12-18)22(26)16-28-20-5-3-2-4-6-20/h2-10,18H,11-16H2,1H3,(H,23,25). The van der Waals surface area contributed by atoms with Crippen LogP contribution in [0.25, 0.3) is 0 Å². The van der Waals surface area contributed by atoms with Gasteiger partial charge in [0, 0.05) is 19.1 Å². The number of likely N-dealkylation sites (tertiary alicyclic amines) is 1. The molecule has 0 aromatic heterocycles. The van der Waals surface area contributed by atoms with Crippen LogP contribution in [-0.4, -0.2) is 49.6 Å². The van der Waals surface area contributed by atoms with E-state index < -0.39 is 0 Å². The van der Waals surface area contributed by atoms with Crippen LogP contribution in [0.5, 0.6) is 11.5 Å². The van der Waals surface area contributed by atoms with Gasteiger partial charge in [-0.15, -0.1) is 0 Å². The average Bonchev–Trinajstić information content (AvgIpc) is 2.74. The number of methoxy groups -OCH3 is 1. The third kappa shape index (κ3) is 5.74. The molecule has 0 aliphatic carbocycles. The number of ether oxygens (including phenoxy) is 2. The van der Waals surface area contributed by atoms with E-state index in [1.807, 2.05) is 54.6 Å². The van der Waals surface area contributed by atoms with Crippen molar-refractivity contribution in [3.05, 3.63) is 60.2 Å². The summed E-state index contributed by atoms with van der Waals surface area (Å²) < 4.78 is 10.7. The molecule has 6 nitrogen and oxygen atoms in total. The summed E-state index contributed by atoms with van der Waals surface area (Å²) in [7, 11) is 1.62. The number of nitrogens with zero attached hydrogens (tertiary/aromatic N) is 1. The van der Waals surface area contributed by atoms with E-state index in [9.17, 15) is 9.59 Å². The molecule has 0 spiro atoms. The number of piperidine rings is 1. The van der Waals surface area contributed by atoms with Crippen molar-refractivity contribution >= 4 is 11.8 Å². The third-order valence-corrected chi connectivity index (χ3v) is 4.84. The predicted molar refractivity (Wildman–Crippen MR) is 106 cm³/mol. The first-order valence-electron chi connectivity index (χ1n) is 9.52. The molecule has 0 unspecified atom stereocenters. The van der Waals surface area contributed by atoms with Crippen molar-refractivity contribution in [2.75, 3.05) is 26.8 Å². The molecule has 148 valence electrons. The predicted octanol–water partition coefficient (Wildman–Crippen LogP) is 2.42. The highest BCUT2D eigenvalue weighted by atomic mass is 16.5. The summed E-state index contributed by atoms with van der Waals surface area (Å²) in [5, 5.41) is 3.07. The molecule has 1 heterocycles. The van der Waals surface area contributed by atoms with Crippen LogP contribution in [0.2, 0.25) is 0 Å². The van der Waals surface area contributed by atoms with Crippen LogP contribution < -0.4 is 14.8 Å². The monoisotopic (exact) mass is 382 g/mol. The minimum Gasteiger partial charge on any atom is -0.497 e. The smallest absolute Gasteiger partial charge is 0.260 e. The Morgan fingerprint density at radius 1 is 1.00 bits per heavy atom. The van der Waals surface area contributed by atoms with Gasteiger partial charge in [-0.05, 0) is 42.7 Å². The largest absolute Gasteiger partial charge is 0.497 e. The molecule has 1 aliphatic heterocycles. The lowest BCUT2D eigenvalue weighted by Gasteiger charge is -2.32. The molecule has 2 aromatic carbocycles. The molecule has 0 atom stereocenters. The molecule has 0 saturated carbocycles. The summed E-state index contributed by atoms with van der Waals surface area (Å²) in [6.07, 6.45) is 1.85. The molecule has 28 heavy (non-hydrogen) atoms. The second-order valence-corrected chi connectivity index (χ2v) is 6.85. The average molecular weight is 382 g/mol. The zero-order chi connectivity index (χ0) is 19.8. The van der Waals surface area contributed by atoms with Crippen LogP contribution in [0.3, 0.4) is 0 Å². The third-order valence-electron chi connectivity index (χ3n) is 4.84. The van der Waals surface area contributed by atoms with Crippen molar-refractivity contribution in [1.82, 2.24) is 10.2 Å². The van der Waals surface area contributed by atoms with Crippen LogP contribution in [-0.2, 0) is 16.0 Å². The van der Waals surface area contributed by atoms with Gasteiger partial charge in [0.15, 0.2) is 6.61 Å². The van der Waals surface area contributed by atoms with Gasteiger partial charge in [-0.1, -0.05) is 30.3 Å². The van der Waals surface area contributed by atoms with E-state index in [-0.39, 0.29) is 24.5 Å². The van der Waals surface area contributed by atoms with E-state index in [1.165, 1.54) is 0 Å². The first-order valence-corrected chi connectivity index (χ1v) is 9.52. The maximum absolute atomic E-state index is 12.3. The minimum atomic E-state index is -0.0214. The van der Waals surface area contributed by atoms with Crippen molar-refractivity contribution in [2.24, 2.45) is 0 Å². The molecule has 0 bridgehead atoms. The van der Waals surface area contributed by atoms with E-state index in [4.69, 9.17) is 9.47 Å². The summed E-state index contributed by atoms with van der Waals surface area (Å²) in [5.41, 5.74) is 0.948. The number of carbonyl (C=O) groups excluding carboxylic acids is 2. The summed E-state index contributed by atoms with van der Waals surface area (Å²) in [6.45, 7) is 1.30. The highest BCUT2D eigenvalue weighted by Crippen LogP contribution is 2.14. The zero-order valence-electron chi connectivity index (χ0n) is 16.1. The number of carbonyl (C=O) groups is 2. The molecule has 2 amide bonds. The summed E-state index contributed by atoms with van der Waals surface area (Å²) >= 11 is 0. The van der Waals surface area contributed by atoms with E-state index in [0.717, 1.165) is 24.2 Å². The van der Waals surface area contributed by atoms with E-state index in [1.54, 1.807) is 12.0 Å². The highest BCUT2D eigenvalue weighted by Gasteiger charge is 2.24. The second-order valence-electron chi connectivity index (χ2n) is 6.85. The first-order chi connectivity index (χ1) is 13.6. The van der Waals surface area contributed by atoms with E-state index in [0.29, 0.717) is 25.3 Å².